The molecule has 2 nitrogen and oxygen atoms in total. The number of hydrogen-bond donors (Lipinski definition) is 1. The summed E-state index contributed by atoms with van der Waals surface area (Å²) in [5.74, 6) is -0.180. The Kier molecular flexibility index (Phi) is 2.91. The fraction of sp³-hybridized carbons (Fsp3) is 0.500. The quantitative estimate of drug-likeness (QED) is 0.826. The first-order chi connectivity index (χ1) is 7.17. The molecule has 0 bridgehead atoms. The second-order valence-corrected chi connectivity index (χ2v) is 4.19. The first kappa shape index (κ1) is 10.4. The lowest BCUT2D eigenvalue weighted by Crippen LogP contribution is -2.40. The number of hydrogen-bond acceptors (Lipinski definition) is 2. The van der Waals surface area contributed by atoms with Crippen LogP contribution >= 0.6 is 0 Å². The molecule has 1 aliphatic carbocycles. The SMILES string of the molecule is COC1CC(Nc2cc(C)cc(F)c2)C1. The summed E-state index contributed by atoms with van der Waals surface area (Å²) in [5, 5.41) is 3.30. The van der Waals surface area contributed by atoms with Crippen LogP contribution in [0.25, 0.3) is 0 Å². The third-order valence-corrected chi connectivity index (χ3v) is 2.84. The van der Waals surface area contributed by atoms with E-state index in [2.05, 4.69) is 5.32 Å². The topological polar surface area (TPSA) is 21.3 Å². The molecule has 2 rings (SSSR count). The average Bonchev–Trinajstić information content (AvgIpc) is 2.08. The predicted octanol–water partition coefficient (Wildman–Crippen LogP) is 2.72. The van der Waals surface area contributed by atoms with Gasteiger partial charge in [-0.2, -0.15) is 0 Å². The predicted molar refractivity (Wildman–Crippen MR) is 58.6 cm³/mol. The minimum Gasteiger partial charge on any atom is -0.382 e. The Hall–Kier alpha value is -1.09. The first-order valence-electron chi connectivity index (χ1n) is 5.24. The monoisotopic (exact) mass is 209 g/mol. The summed E-state index contributed by atoms with van der Waals surface area (Å²) in [6.07, 6.45) is 2.38. The Morgan fingerprint density at radius 3 is 2.67 bits per heavy atom. The van der Waals surface area contributed by atoms with E-state index >= 15 is 0 Å². The highest BCUT2D eigenvalue weighted by Crippen LogP contribution is 2.26. The van der Waals surface area contributed by atoms with Crippen molar-refractivity contribution in [2.75, 3.05) is 12.4 Å². The van der Waals surface area contributed by atoms with E-state index in [-0.39, 0.29) is 5.82 Å². The number of methoxy groups -OCH3 is 1. The minimum atomic E-state index is -0.180. The Morgan fingerprint density at radius 1 is 1.33 bits per heavy atom. The van der Waals surface area contributed by atoms with Crippen LogP contribution in [0.5, 0.6) is 0 Å². The highest BCUT2D eigenvalue weighted by atomic mass is 19.1. The van der Waals surface area contributed by atoms with Gasteiger partial charge in [0.15, 0.2) is 0 Å². The maximum Gasteiger partial charge on any atom is 0.125 e. The Bertz CT molecular complexity index is 327. The molecule has 0 unspecified atom stereocenters. The minimum absolute atomic E-state index is 0.180. The molecule has 82 valence electrons. The van der Waals surface area contributed by atoms with Crippen LogP contribution in [0.1, 0.15) is 18.4 Å². The molecular formula is C12H16FNO. The van der Waals surface area contributed by atoms with Crippen LogP contribution in [-0.4, -0.2) is 19.3 Å². The number of nitrogens with one attached hydrogen (secondary N) is 1. The van der Waals surface area contributed by atoms with Gasteiger partial charge in [0.2, 0.25) is 0 Å². The summed E-state index contributed by atoms with van der Waals surface area (Å²) in [7, 11) is 1.73. The lowest BCUT2D eigenvalue weighted by atomic mass is 9.89. The van der Waals surface area contributed by atoms with E-state index in [0.717, 1.165) is 24.1 Å². The standard InChI is InChI=1S/C12H16FNO/c1-8-3-9(13)5-10(4-8)14-11-6-12(7-11)15-2/h3-5,11-12,14H,6-7H2,1-2H3. The van der Waals surface area contributed by atoms with Crippen molar-refractivity contribution in [1.82, 2.24) is 0 Å². The summed E-state index contributed by atoms with van der Waals surface area (Å²) in [6, 6.07) is 5.46. The van der Waals surface area contributed by atoms with Crippen LogP contribution in [0.3, 0.4) is 0 Å². The van der Waals surface area contributed by atoms with Crippen molar-refractivity contribution in [2.45, 2.75) is 31.9 Å². The Morgan fingerprint density at radius 2 is 2.07 bits per heavy atom. The van der Waals surface area contributed by atoms with Gasteiger partial charge >= 0.3 is 0 Å². The van der Waals surface area contributed by atoms with Crippen LogP contribution in [-0.2, 0) is 4.74 Å². The van der Waals surface area contributed by atoms with Gasteiger partial charge in [0.25, 0.3) is 0 Å². The number of rotatable bonds is 3. The maximum atomic E-state index is 13.1. The van der Waals surface area contributed by atoms with E-state index in [1.54, 1.807) is 7.11 Å². The molecule has 1 aromatic carbocycles. The molecule has 0 saturated heterocycles. The number of halogens is 1. The third-order valence-electron chi connectivity index (χ3n) is 2.84. The van der Waals surface area contributed by atoms with Crippen molar-refractivity contribution in [3.05, 3.63) is 29.6 Å². The highest BCUT2D eigenvalue weighted by Gasteiger charge is 2.28. The van der Waals surface area contributed by atoms with Crippen LogP contribution in [0, 0.1) is 12.7 Å². The number of benzene rings is 1. The molecule has 3 heteroatoms. The zero-order chi connectivity index (χ0) is 10.8. The molecule has 0 amide bonds. The van der Waals surface area contributed by atoms with Crippen LogP contribution in [0.15, 0.2) is 18.2 Å². The van der Waals surface area contributed by atoms with Gasteiger partial charge in [-0.3, -0.25) is 0 Å². The van der Waals surface area contributed by atoms with Crippen molar-refractivity contribution in [3.63, 3.8) is 0 Å². The molecule has 0 radical (unpaired) electrons. The third kappa shape index (κ3) is 2.48. The summed E-state index contributed by atoms with van der Waals surface area (Å²) >= 11 is 0. The highest BCUT2D eigenvalue weighted by molar-refractivity contribution is 5.47. The van der Waals surface area contributed by atoms with Crippen molar-refractivity contribution >= 4 is 5.69 Å². The molecule has 0 atom stereocenters. The van der Waals surface area contributed by atoms with Crippen LogP contribution in [0.4, 0.5) is 10.1 Å². The number of anilines is 1. The Balaban J connectivity index is 1.94. The van der Waals surface area contributed by atoms with Gasteiger partial charge in [0.1, 0.15) is 5.82 Å². The molecule has 1 N–H and O–H groups in total. The summed E-state index contributed by atoms with van der Waals surface area (Å²) in [5.41, 5.74) is 1.81. The fourth-order valence-corrected chi connectivity index (χ4v) is 1.93. The van der Waals surface area contributed by atoms with Gasteiger partial charge < -0.3 is 10.1 Å². The maximum absolute atomic E-state index is 13.1. The molecular weight excluding hydrogens is 193 g/mol. The molecule has 0 spiro atoms. The molecule has 1 fully saturated rings. The van der Waals surface area contributed by atoms with Crippen molar-refractivity contribution < 1.29 is 9.13 Å². The summed E-state index contributed by atoms with van der Waals surface area (Å²) < 4.78 is 18.3. The van der Waals surface area contributed by atoms with Gasteiger partial charge in [0, 0.05) is 18.8 Å². The van der Waals surface area contributed by atoms with Gasteiger partial charge in [0.05, 0.1) is 6.10 Å². The molecule has 1 saturated carbocycles. The second-order valence-electron chi connectivity index (χ2n) is 4.19. The lowest BCUT2D eigenvalue weighted by Gasteiger charge is -2.35. The van der Waals surface area contributed by atoms with Crippen LogP contribution < -0.4 is 5.32 Å². The van der Waals surface area contributed by atoms with Crippen molar-refractivity contribution in [3.8, 4) is 0 Å². The molecule has 1 aromatic rings. The van der Waals surface area contributed by atoms with E-state index in [9.17, 15) is 4.39 Å². The molecule has 1 aliphatic rings. The second kappa shape index (κ2) is 4.19. The van der Waals surface area contributed by atoms with Gasteiger partial charge in [-0.05, 0) is 43.5 Å². The first-order valence-corrected chi connectivity index (χ1v) is 5.24. The molecule has 0 heterocycles. The summed E-state index contributed by atoms with van der Waals surface area (Å²) in [4.78, 5) is 0. The summed E-state index contributed by atoms with van der Waals surface area (Å²) in [6.45, 7) is 1.90. The lowest BCUT2D eigenvalue weighted by molar-refractivity contribution is 0.0329. The van der Waals surface area contributed by atoms with E-state index < -0.39 is 0 Å². The van der Waals surface area contributed by atoms with Crippen molar-refractivity contribution in [1.29, 1.82) is 0 Å². The number of ether oxygens (including phenoxy) is 1. The van der Waals surface area contributed by atoms with Gasteiger partial charge in [-0.15, -0.1) is 0 Å². The van der Waals surface area contributed by atoms with Gasteiger partial charge in [-0.25, -0.2) is 4.39 Å². The average molecular weight is 209 g/mol. The number of aryl methyl sites for hydroxylation is 1. The van der Waals surface area contributed by atoms with Crippen molar-refractivity contribution in [2.24, 2.45) is 0 Å². The molecule has 0 aliphatic heterocycles. The van der Waals surface area contributed by atoms with E-state index in [1.807, 2.05) is 13.0 Å². The van der Waals surface area contributed by atoms with Crippen LogP contribution in [0.2, 0.25) is 0 Å². The normalized spacial score (nSPS) is 24.7. The Labute approximate surface area is 89.4 Å². The fourth-order valence-electron chi connectivity index (χ4n) is 1.93. The molecule has 15 heavy (non-hydrogen) atoms. The largest absolute Gasteiger partial charge is 0.382 e. The smallest absolute Gasteiger partial charge is 0.125 e. The zero-order valence-corrected chi connectivity index (χ0v) is 9.09. The van der Waals surface area contributed by atoms with E-state index in [4.69, 9.17) is 4.74 Å². The van der Waals surface area contributed by atoms with E-state index in [0.29, 0.717) is 12.1 Å². The van der Waals surface area contributed by atoms with E-state index in [1.165, 1.54) is 12.1 Å². The zero-order valence-electron chi connectivity index (χ0n) is 9.09. The molecule has 0 aromatic heterocycles. The van der Waals surface area contributed by atoms with Gasteiger partial charge in [-0.1, -0.05) is 0 Å².